The molecule has 2 N–H and O–H groups in total. The van der Waals surface area contributed by atoms with Gasteiger partial charge in [-0.05, 0) is 70.1 Å². The quantitative estimate of drug-likeness (QED) is 0.868. The van der Waals surface area contributed by atoms with E-state index in [0.29, 0.717) is 5.54 Å². The molecule has 1 saturated carbocycles. The summed E-state index contributed by atoms with van der Waals surface area (Å²) in [7, 11) is 0. The lowest BCUT2D eigenvalue weighted by atomic mass is 9.73. The second-order valence-electron chi connectivity index (χ2n) is 7.76. The van der Waals surface area contributed by atoms with Crippen molar-refractivity contribution < 1.29 is 0 Å². The SMILES string of the molecule is CCN1CCCC(CN)(N2CCC3CCCCC3C2)CC1. The molecule has 3 aliphatic rings. The van der Waals surface area contributed by atoms with Crippen molar-refractivity contribution in [2.24, 2.45) is 17.6 Å². The molecule has 3 atom stereocenters. The molecule has 0 radical (unpaired) electrons. The summed E-state index contributed by atoms with van der Waals surface area (Å²) in [6, 6.07) is 0. The van der Waals surface area contributed by atoms with Crippen molar-refractivity contribution in [2.45, 2.75) is 63.8 Å². The van der Waals surface area contributed by atoms with Gasteiger partial charge in [0, 0.05) is 18.6 Å². The van der Waals surface area contributed by atoms with E-state index in [1.54, 1.807) is 0 Å². The highest BCUT2D eigenvalue weighted by Crippen LogP contribution is 2.40. The number of nitrogens with zero attached hydrogens (tertiary/aromatic N) is 2. The van der Waals surface area contributed by atoms with Crippen LogP contribution in [0.4, 0.5) is 0 Å². The number of hydrogen-bond donors (Lipinski definition) is 1. The molecule has 3 heteroatoms. The normalized spacial score (nSPS) is 39.7. The van der Waals surface area contributed by atoms with Gasteiger partial charge in [0.15, 0.2) is 0 Å². The first-order valence-corrected chi connectivity index (χ1v) is 9.45. The van der Waals surface area contributed by atoms with Crippen LogP contribution in [0.25, 0.3) is 0 Å². The Morgan fingerprint density at radius 1 is 0.952 bits per heavy atom. The van der Waals surface area contributed by atoms with Crippen molar-refractivity contribution in [3.8, 4) is 0 Å². The largest absolute Gasteiger partial charge is 0.329 e. The van der Waals surface area contributed by atoms with E-state index in [9.17, 15) is 0 Å². The summed E-state index contributed by atoms with van der Waals surface area (Å²) in [5.41, 5.74) is 6.65. The van der Waals surface area contributed by atoms with Crippen LogP contribution < -0.4 is 5.73 Å². The van der Waals surface area contributed by atoms with Gasteiger partial charge in [-0.2, -0.15) is 0 Å². The molecule has 0 aromatic rings. The Balaban J connectivity index is 1.67. The Morgan fingerprint density at radius 2 is 1.76 bits per heavy atom. The van der Waals surface area contributed by atoms with Crippen LogP contribution in [0.2, 0.25) is 0 Å². The van der Waals surface area contributed by atoms with Crippen molar-refractivity contribution >= 4 is 0 Å². The first-order valence-electron chi connectivity index (χ1n) is 9.45. The molecule has 2 aliphatic heterocycles. The average molecular weight is 293 g/mol. The van der Waals surface area contributed by atoms with Crippen LogP contribution in [0.1, 0.15) is 58.3 Å². The second kappa shape index (κ2) is 6.97. The maximum absolute atomic E-state index is 6.33. The van der Waals surface area contributed by atoms with Gasteiger partial charge >= 0.3 is 0 Å². The van der Waals surface area contributed by atoms with Gasteiger partial charge < -0.3 is 10.6 Å². The Labute approximate surface area is 131 Å². The fraction of sp³-hybridized carbons (Fsp3) is 1.00. The van der Waals surface area contributed by atoms with Crippen LogP contribution in [0, 0.1) is 11.8 Å². The highest BCUT2D eigenvalue weighted by atomic mass is 15.2. The summed E-state index contributed by atoms with van der Waals surface area (Å²) in [5, 5.41) is 0. The molecule has 2 saturated heterocycles. The third-order valence-corrected chi connectivity index (χ3v) is 6.80. The van der Waals surface area contributed by atoms with Gasteiger partial charge in [-0.3, -0.25) is 4.90 Å². The zero-order valence-corrected chi connectivity index (χ0v) is 14.0. The molecule has 0 bridgehead atoms. The van der Waals surface area contributed by atoms with E-state index in [4.69, 9.17) is 5.73 Å². The van der Waals surface area contributed by atoms with Crippen molar-refractivity contribution in [1.29, 1.82) is 0 Å². The van der Waals surface area contributed by atoms with Crippen LogP contribution in [0.5, 0.6) is 0 Å². The summed E-state index contributed by atoms with van der Waals surface area (Å²) in [6.45, 7) is 9.53. The van der Waals surface area contributed by atoms with E-state index in [2.05, 4.69) is 16.7 Å². The summed E-state index contributed by atoms with van der Waals surface area (Å²) < 4.78 is 0. The zero-order valence-electron chi connectivity index (χ0n) is 14.0. The van der Waals surface area contributed by atoms with E-state index in [-0.39, 0.29) is 0 Å². The van der Waals surface area contributed by atoms with Crippen LogP contribution in [0.15, 0.2) is 0 Å². The average Bonchev–Trinajstić information content (AvgIpc) is 2.77. The summed E-state index contributed by atoms with van der Waals surface area (Å²) >= 11 is 0. The van der Waals surface area contributed by atoms with Crippen molar-refractivity contribution in [1.82, 2.24) is 9.80 Å². The maximum atomic E-state index is 6.33. The predicted octanol–water partition coefficient (Wildman–Crippen LogP) is 2.70. The molecule has 3 fully saturated rings. The summed E-state index contributed by atoms with van der Waals surface area (Å²) in [4.78, 5) is 5.45. The van der Waals surface area contributed by atoms with Crippen molar-refractivity contribution in [3.63, 3.8) is 0 Å². The molecule has 1 aliphatic carbocycles. The minimum atomic E-state index is 0.312. The molecule has 2 heterocycles. The lowest BCUT2D eigenvalue weighted by Crippen LogP contribution is -2.58. The zero-order chi connectivity index (χ0) is 14.7. The molecule has 0 spiro atoms. The van der Waals surface area contributed by atoms with E-state index in [1.807, 2.05) is 0 Å². The lowest BCUT2D eigenvalue weighted by molar-refractivity contribution is -0.000405. The Bertz CT molecular complexity index is 332. The number of nitrogens with two attached hydrogens (primary N) is 1. The van der Waals surface area contributed by atoms with Gasteiger partial charge in [-0.25, -0.2) is 0 Å². The van der Waals surface area contributed by atoms with E-state index in [1.165, 1.54) is 84.1 Å². The molecule has 3 rings (SSSR count). The van der Waals surface area contributed by atoms with Crippen LogP contribution in [-0.4, -0.2) is 54.6 Å². The molecular formula is C18H35N3. The molecule has 0 aromatic heterocycles. The molecule has 0 aromatic carbocycles. The topological polar surface area (TPSA) is 32.5 Å². The number of fused-ring (bicyclic) bond motifs is 1. The molecular weight excluding hydrogens is 258 g/mol. The third kappa shape index (κ3) is 3.30. The fourth-order valence-electron chi connectivity index (χ4n) is 5.23. The minimum absolute atomic E-state index is 0.312. The Kier molecular flexibility index (Phi) is 5.23. The van der Waals surface area contributed by atoms with Gasteiger partial charge in [-0.15, -0.1) is 0 Å². The van der Waals surface area contributed by atoms with Gasteiger partial charge in [-0.1, -0.05) is 26.2 Å². The fourth-order valence-corrected chi connectivity index (χ4v) is 5.23. The summed E-state index contributed by atoms with van der Waals surface area (Å²) in [5.74, 6) is 2.00. The standard InChI is InChI=1S/C18H35N3/c1-2-20-11-5-9-18(15-19,10-13-20)21-12-8-16-6-3-4-7-17(16)14-21/h16-17H,2-15,19H2,1H3. The molecule has 122 valence electrons. The van der Waals surface area contributed by atoms with Gasteiger partial charge in [0.05, 0.1) is 0 Å². The minimum Gasteiger partial charge on any atom is -0.329 e. The number of hydrogen-bond acceptors (Lipinski definition) is 3. The molecule has 3 unspecified atom stereocenters. The van der Waals surface area contributed by atoms with Crippen LogP contribution in [0.3, 0.4) is 0 Å². The Morgan fingerprint density at radius 3 is 2.52 bits per heavy atom. The highest BCUT2D eigenvalue weighted by molar-refractivity contribution is 4.98. The van der Waals surface area contributed by atoms with E-state index >= 15 is 0 Å². The van der Waals surface area contributed by atoms with Crippen molar-refractivity contribution in [3.05, 3.63) is 0 Å². The maximum Gasteiger partial charge on any atom is 0.0344 e. The number of piperidine rings is 1. The highest BCUT2D eigenvalue weighted by Gasteiger charge is 2.41. The number of likely N-dealkylation sites (tertiary alicyclic amines) is 2. The van der Waals surface area contributed by atoms with Gasteiger partial charge in [0.25, 0.3) is 0 Å². The van der Waals surface area contributed by atoms with Gasteiger partial charge in [0.1, 0.15) is 0 Å². The summed E-state index contributed by atoms with van der Waals surface area (Å²) in [6.07, 6.45) is 11.3. The van der Waals surface area contributed by atoms with E-state index < -0.39 is 0 Å². The first-order chi connectivity index (χ1) is 10.3. The van der Waals surface area contributed by atoms with Crippen molar-refractivity contribution in [2.75, 3.05) is 39.3 Å². The monoisotopic (exact) mass is 293 g/mol. The number of rotatable bonds is 3. The molecule has 21 heavy (non-hydrogen) atoms. The molecule has 0 amide bonds. The van der Waals surface area contributed by atoms with Crippen LogP contribution in [-0.2, 0) is 0 Å². The van der Waals surface area contributed by atoms with Gasteiger partial charge in [0.2, 0.25) is 0 Å². The smallest absolute Gasteiger partial charge is 0.0344 e. The lowest BCUT2D eigenvalue weighted by Gasteiger charge is -2.50. The van der Waals surface area contributed by atoms with E-state index in [0.717, 1.165) is 18.4 Å². The Hall–Kier alpha value is -0.120. The second-order valence-corrected chi connectivity index (χ2v) is 7.76. The molecule has 3 nitrogen and oxygen atoms in total. The third-order valence-electron chi connectivity index (χ3n) is 6.80. The first kappa shape index (κ1) is 15.8. The predicted molar refractivity (Wildman–Crippen MR) is 89.4 cm³/mol. The van der Waals surface area contributed by atoms with Crippen LogP contribution >= 0.6 is 0 Å².